The molecule has 0 saturated carbocycles. The number of aromatic nitrogens is 1. The Balaban J connectivity index is 1.85. The number of rotatable bonds is 8. The number of ether oxygens (including phenoxy) is 1. The number of nitrogens with zero attached hydrogens (tertiary/aromatic N) is 1. The lowest BCUT2D eigenvalue weighted by Crippen LogP contribution is -2.42. The van der Waals surface area contributed by atoms with Crippen LogP contribution in [0, 0.1) is 0 Å². The summed E-state index contributed by atoms with van der Waals surface area (Å²) in [4.78, 5) is 16.5. The van der Waals surface area contributed by atoms with Crippen molar-refractivity contribution < 1.29 is 9.53 Å². The molecular formula is C22H29N5O2. The van der Waals surface area contributed by atoms with Gasteiger partial charge in [-0.3, -0.25) is 0 Å². The van der Waals surface area contributed by atoms with Crippen LogP contribution in [-0.2, 0) is 4.74 Å². The Morgan fingerprint density at radius 1 is 1.38 bits per heavy atom. The van der Waals surface area contributed by atoms with Gasteiger partial charge in [-0.05, 0) is 50.6 Å². The maximum atomic E-state index is 12.0. The van der Waals surface area contributed by atoms with Gasteiger partial charge in [-0.15, -0.1) is 0 Å². The fraction of sp³-hybridized carbons (Fsp3) is 0.364. The molecule has 0 amide bonds. The van der Waals surface area contributed by atoms with E-state index < -0.39 is 0 Å². The molecule has 0 aliphatic carbocycles. The summed E-state index contributed by atoms with van der Waals surface area (Å²) in [6.07, 6.45) is 3.98. The number of piperidine rings is 1. The highest BCUT2D eigenvalue weighted by Gasteiger charge is 2.18. The number of nitrogens with one attached hydrogen (secondary N) is 4. The van der Waals surface area contributed by atoms with Gasteiger partial charge in [-0.25, -0.2) is 9.78 Å². The number of anilines is 3. The van der Waals surface area contributed by atoms with Crippen molar-refractivity contribution in [1.29, 1.82) is 0 Å². The first-order valence-electron chi connectivity index (χ1n) is 10.00. The minimum Gasteiger partial charge on any atom is -0.462 e. The van der Waals surface area contributed by atoms with Crippen LogP contribution in [0.15, 0.2) is 43.1 Å². The molecule has 1 fully saturated rings. The molecule has 1 saturated heterocycles. The van der Waals surface area contributed by atoms with Gasteiger partial charge in [0, 0.05) is 37.2 Å². The molecule has 1 atom stereocenters. The van der Waals surface area contributed by atoms with Crippen LogP contribution in [0.3, 0.4) is 0 Å². The van der Waals surface area contributed by atoms with Crippen LogP contribution in [0.2, 0.25) is 0 Å². The average molecular weight is 396 g/mol. The van der Waals surface area contributed by atoms with Crippen molar-refractivity contribution in [2.75, 3.05) is 37.4 Å². The van der Waals surface area contributed by atoms with Crippen LogP contribution < -0.4 is 21.3 Å². The topological polar surface area (TPSA) is 87.3 Å². The van der Waals surface area contributed by atoms with Gasteiger partial charge in [-0.1, -0.05) is 12.6 Å². The van der Waals surface area contributed by atoms with Crippen LogP contribution in [0.5, 0.6) is 0 Å². The van der Waals surface area contributed by atoms with Crippen molar-refractivity contribution in [3.05, 3.63) is 54.2 Å². The third-order valence-corrected chi connectivity index (χ3v) is 4.82. The summed E-state index contributed by atoms with van der Waals surface area (Å²) in [5.41, 5.74) is 3.83. The molecule has 154 valence electrons. The number of hydrogen-bond donors (Lipinski definition) is 4. The van der Waals surface area contributed by atoms with Gasteiger partial charge in [0.05, 0.1) is 23.4 Å². The molecule has 1 aliphatic heterocycles. The average Bonchev–Trinajstić information content (AvgIpc) is 2.74. The molecule has 1 aromatic heterocycles. The van der Waals surface area contributed by atoms with Gasteiger partial charge in [-0.2, -0.15) is 0 Å². The normalized spacial score (nSPS) is 16.0. The zero-order valence-electron chi connectivity index (χ0n) is 17.0. The monoisotopic (exact) mass is 395 g/mol. The molecule has 29 heavy (non-hydrogen) atoms. The van der Waals surface area contributed by atoms with Crippen molar-refractivity contribution >= 4 is 28.9 Å². The van der Waals surface area contributed by atoms with Gasteiger partial charge in [0.1, 0.15) is 5.82 Å². The van der Waals surface area contributed by atoms with E-state index in [1.54, 1.807) is 25.3 Å². The predicted octanol–water partition coefficient (Wildman–Crippen LogP) is 3.36. The molecule has 0 radical (unpaired) electrons. The summed E-state index contributed by atoms with van der Waals surface area (Å²) in [7, 11) is 1.84. The maximum Gasteiger partial charge on any atom is 0.338 e. The number of hydrogen-bond acceptors (Lipinski definition) is 7. The van der Waals surface area contributed by atoms with Crippen molar-refractivity contribution in [1.82, 2.24) is 15.6 Å². The first-order chi connectivity index (χ1) is 14.1. The number of pyridine rings is 1. The highest BCUT2D eigenvalue weighted by atomic mass is 16.5. The predicted molar refractivity (Wildman–Crippen MR) is 118 cm³/mol. The molecule has 4 N–H and O–H groups in total. The van der Waals surface area contributed by atoms with Crippen LogP contribution in [-0.4, -0.2) is 43.7 Å². The summed E-state index contributed by atoms with van der Waals surface area (Å²) < 4.78 is 5.10. The Labute approximate surface area is 172 Å². The van der Waals surface area contributed by atoms with Crippen molar-refractivity contribution in [3.63, 3.8) is 0 Å². The fourth-order valence-electron chi connectivity index (χ4n) is 3.45. The molecule has 1 aliphatic rings. The number of carbonyl (C=O) groups excluding carboxylic acids is 1. The number of benzene rings is 1. The summed E-state index contributed by atoms with van der Waals surface area (Å²) in [6, 6.07) is 9.50. The van der Waals surface area contributed by atoms with Crippen LogP contribution >= 0.6 is 0 Å². The Morgan fingerprint density at radius 2 is 2.24 bits per heavy atom. The molecule has 2 heterocycles. The second kappa shape index (κ2) is 9.93. The van der Waals surface area contributed by atoms with Gasteiger partial charge >= 0.3 is 5.97 Å². The maximum absolute atomic E-state index is 12.0. The largest absolute Gasteiger partial charge is 0.462 e. The van der Waals surface area contributed by atoms with Gasteiger partial charge in [0.2, 0.25) is 0 Å². The van der Waals surface area contributed by atoms with Crippen LogP contribution in [0.1, 0.15) is 35.7 Å². The highest BCUT2D eigenvalue weighted by molar-refractivity contribution is 5.91. The number of carbonyl (C=O) groups is 1. The molecular weight excluding hydrogens is 366 g/mol. The summed E-state index contributed by atoms with van der Waals surface area (Å²) >= 11 is 0. The fourth-order valence-corrected chi connectivity index (χ4v) is 3.45. The Kier molecular flexibility index (Phi) is 7.08. The van der Waals surface area contributed by atoms with E-state index in [4.69, 9.17) is 4.74 Å². The van der Waals surface area contributed by atoms with E-state index in [0.29, 0.717) is 18.2 Å². The van der Waals surface area contributed by atoms with E-state index >= 15 is 0 Å². The Hall–Kier alpha value is -3.06. The minimum absolute atomic E-state index is 0.334. The van der Waals surface area contributed by atoms with E-state index in [-0.39, 0.29) is 5.97 Å². The second-order valence-corrected chi connectivity index (χ2v) is 6.92. The standard InChI is InChI=1S/C22H29N5O2/c1-4-29-22(28)16-7-5-8-17(13-16)27-19-10-12-25-21(23-3)20(19)15(2)26-18-9-6-11-24-14-18/h5,7-8,10,12-13,18,24,26H,2,4,6,9,11,14H2,1,3H3,(H2,23,25,27)/t18-/m1/s1. The first-order valence-corrected chi connectivity index (χ1v) is 10.00. The SMILES string of the molecule is C=C(N[C@@H]1CCCNC1)c1c(Nc2cccc(C(=O)OCC)c2)ccnc1NC. The molecule has 2 aromatic rings. The lowest BCUT2D eigenvalue weighted by Gasteiger charge is -2.27. The van der Waals surface area contributed by atoms with Crippen LogP contribution in [0.4, 0.5) is 17.2 Å². The zero-order chi connectivity index (χ0) is 20.6. The van der Waals surface area contributed by atoms with Gasteiger partial charge < -0.3 is 26.0 Å². The van der Waals surface area contributed by atoms with E-state index in [9.17, 15) is 4.79 Å². The van der Waals surface area contributed by atoms with Crippen molar-refractivity contribution in [2.45, 2.75) is 25.8 Å². The molecule has 7 nitrogen and oxygen atoms in total. The van der Waals surface area contributed by atoms with Crippen molar-refractivity contribution in [2.24, 2.45) is 0 Å². The quantitative estimate of drug-likeness (QED) is 0.510. The van der Waals surface area contributed by atoms with Gasteiger partial charge in [0.15, 0.2) is 0 Å². The summed E-state index contributed by atoms with van der Waals surface area (Å²) in [5.74, 6) is 0.399. The summed E-state index contributed by atoms with van der Waals surface area (Å²) in [5, 5.41) is 13.5. The van der Waals surface area contributed by atoms with Crippen LogP contribution in [0.25, 0.3) is 5.70 Å². The molecule has 0 bridgehead atoms. The molecule has 3 rings (SSSR count). The molecule has 1 aromatic carbocycles. The lowest BCUT2D eigenvalue weighted by molar-refractivity contribution is 0.0526. The van der Waals surface area contributed by atoms with E-state index in [1.807, 2.05) is 25.2 Å². The third-order valence-electron chi connectivity index (χ3n) is 4.82. The Morgan fingerprint density at radius 3 is 2.97 bits per heavy atom. The smallest absolute Gasteiger partial charge is 0.338 e. The van der Waals surface area contributed by atoms with E-state index in [1.165, 1.54) is 0 Å². The van der Waals surface area contributed by atoms with Crippen molar-refractivity contribution in [3.8, 4) is 0 Å². The minimum atomic E-state index is -0.335. The van der Waals surface area contributed by atoms with E-state index in [2.05, 4.69) is 32.8 Å². The lowest BCUT2D eigenvalue weighted by atomic mass is 10.1. The molecule has 0 spiro atoms. The molecule has 7 heteroatoms. The number of esters is 1. The highest BCUT2D eigenvalue weighted by Crippen LogP contribution is 2.30. The molecule has 0 unspecified atom stereocenters. The third kappa shape index (κ3) is 5.26. The first kappa shape index (κ1) is 20.7. The zero-order valence-corrected chi connectivity index (χ0v) is 17.0. The second-order valence-electron chi connectivity index (χ2n) is 6.92. The summed E-state index contributed by atoms with van der Waals surface area (Å²) in [6.45, 7) is 8.38. The van der Waals surface area contributed by atoms with E-state index in [0.717, 1.165) is 54.4 Å². The van der Waals surface area contributed by atoms with Gasteiger partial charge in [0.25, 0.3) is 0 Å². The Bertz CT molecular complexity index is 862.